The SMILES string of the molecule is O=C(/C=C/c1cncc(F)c1)NCC(O)COCC1CC1. The standard InChI is InChI=1S/C15H19FN2O3/c16-13-5-12(6-17-7-13)3-4-15(20)18-8-14(19)10-21-9-11-1-2-11/h3-7,11,14,19H,1-2,8-10H2,(H,18,20)/b4-3+. The van der Waals surface area contributed by atoms with Crippen molar-refractivity contribution in [1.29, 1.82) is 0 Å². The summed E-state index contributed by atoms with van der Waals surface area (Å²) in [6.45, 7) is 1.01. The third-order valence-electron chi connectivity index (χ3n) is 3.03. The van der Waals surface area contributed by atoms with E-state index >= 15 is 0 Å². The van der Waals surface area contributed by atoms with Crippen molar-refractivity contribution in [3.63, 3.8) is 0 Å². The fraction of sp³-hybridized carbons (Fsp3) is 0.467. The zero-order valence-electron chi connectivity index (χ0n) is 11.7. The van der Waals surface area contributed by atoms with Crippen molar-refractivity contribution in [2.45, 2.75) is 18.9 Å². The van der Waals surface area contributed by atoms with E-state index in [0.717, 1.165) is 6.20 Å². The Morgan fingerprint density at radius 1 is 1.57 bits per heavy atom. The van der Waals surface area contributed by atoms with Crippen LogP contribution in [0.1, 0.15) is 18.4 Å². The van der Waals surface area contributed by atoms with Gasteiger partial charge in [-0.05, 0) is 36.5 Å². The molecule has 6 heteroatoms. The number of ether oxygens (including phenoxy) is 1. The van der Waals surface area contributed by atoms with Gasteiger partial charge < -0.3 is 15.2 Å². The summed E-state index contributed by atoms with van der Waals surface area (Å²) in [6, 6.07) is 1.28. The first-order chi connectivity index (χ1) is 10.1. The average Bonchev–Trinajstić information content (AvgIpc) is 3.27. The van der Waals surface area contributed by atoms with Gasteiger partial charge in [0.15, 0.2) is 0 Å². The summed E-state index contributed by atoms with van der Waals surface area (Å²) >= 11 is 0. The quantitative estimate of drug-likeness (QED) is 0.705. The van der Waals surface area contributed by atoms with Crippen LogP contribution in [0.25, 0.3) is 6.08 Å². The highest BCUT2D eigenvalue weighted by molar-refractivity contribution is 5.91. The first-order valence-corrected chi connectivity index (χ1v) is 6.96. The van der Waals surface area contributed by atoms with Crippen molar-refractivity contribution in [2.75, 3.05) is 19.8 Å². The Hall–Kier alpha value is -1.79. The lowest BCUT2D eigenvalue weighted by Crippen LogP contribution is -2.33. The highest BCUT2D eigenvalue weighted by Gasteiger charge is 2.21. The molecule has 21 heavy (non-hydrogen) atoms. The van der Waals surface area contributed by atoms with E-state index in [-0.39, 0.29) is 19.1 Å². The summed E-state index contributed by atoms with van der Waals surface area (Å²) in [5.74, 6) is -0.170. The van der Waals surface area contributed by atoms with E-state index in [2.05, 4.69) is 10.3 Å². The summed E-state index contributed by atoms with van der Waals surface area (Å²) in [5.41, 5.74) is 0.499. The lowest BCUT2D eigenvalue weighted by atomic mass is 10.2. The van der Waals surface area contributed by atoms with Gasteiger partial charge in [-0.3, -0.25) is 9.78 Å². The van der Waals surface area contributed by atoms with Crippen molar-refractivity contribution in [1.82, 2.24) is 10.3 Å². The number of nitrogens with one attached hydrogen (secondary N) is 1. The second-order valence-corrected chi connectivity index (χ2v) is 5.15. The van der Waals surface area contributed by atoms with Crippen LogP contribution in [0.2, 0.25) is 0 Å². The average molecular weight is 294 g/mol. The van der Waals surface area contributed by atoms with Crippen LogP contribution in [-0.4, -0.2) is 41.9 Å². The van der Waals surface area contributed by atoms with Crippen LogP contribution >= 0.6 is 0 Å². The number of rotatable bonds is 8. The number of hydrogen-bond donors (Lipinski definition) is 2. The molecule has 1 atom stereocenters. The first kappa shape index (κ1) is 15.6. The van der Waals surface area contributed by atoms with E-state index < -0.39 is 11.9 Å². The van der Waals surface area contributed by atoms with Gasteiger partial charge in [-0.1, -0.05) is 0 Å². The molecule has 1 heterocycles. The Bertz CT molecular complexity index is 503. The minimum absolute atomic E-state index is 0.120. The maximum absolute atomic E-state index is 12.9. The molecule has 1 fully saturated rings. The van der Waals surface area contributed by atoms with Gasteiger partial charge in [-0.15, -0.1) is 0 Å². The van der Waals surface area contributed by atoms with Gasteiger partial charge in [0.05, 0.1) is 18.9 Å². The van der Waals surface area contributed by atoms with Crippen molar-refractivity contribution in [2.24, 2.45) is 5.92 Å². The molecular weight excluding hydrogens is 275 g/mol. The van der Waals surface area contributed by atoms with Crippen molar-refractivity contribution >= 4 is 12.0 Å². The fourth-order valence-electron chi connectivity index (χ4n) is 1.68. The van der Waals surface area contributed by atoms with E-state index in [1.54, 1.807) is 0 Å². The van der Waals surface area contributed by atoms with Crippen LogP contribution in [0.3, 0.4) is 0 Å². The van der Waals surface area contributed by atoms with Crippen LogP contribution in [0.4, 0.5) is 4.39 Å². The predicted molar refractivity (Wildman–Crippen MR) is 75.8 cm³/mol. The molecule has 0 aliphatic heterocycles. The largest absolute Gasteiger partial charge is 0.389 e. The molecule has 5 nitrogen and oxygen atoms in total. The molecule has 0 saturated heterocycles. The molecule has 1 aromatic rings. The van der Waals surface area contributed by atoms with Gasteiger partial charge in [0.2, 0.25) is 5.91 Å². The molecule has 0 aromatic carbocycles. The smallest absolute Gasteiger partial charge is 0.244 e. The molecule has 2 N–H and O–H groups in total. The third kappa shape index (κ3) is 6.46. The minimum atomic E-state index is -0.725. The predicted octanol–water partition coefficient (Wildman–Crippen LogP) is 1.14. The lowest BCUT2D eigenvalue weighted by molar-refractivity contribution is -0.117. The Kier molecular flexibility index (Phi) is 5.83. The molecule has 1 saturated carbocycles. The Morgan fingerprint density at radius 2 is 2.38 bits per heavy atom. The zero-order valence-corrected chi connectivity index (χ0v) is 11.7. The number of nitrogens with zero attached hydrogens (tertiary/aromatic N) is 1. The molecule has 1 aromatic heterocycles. The number of aromatic nitrogens is 1. The monoisotopic (exact) mass is 294 g/mol. The van der Waals surface area contributed by atoms with E-state index in [0.29, 0.717) is 18.1 Å². The number of aliphatic hydroxyl groups excluding tert-OH is 1. The first-order valence-electron chi connectivity index (χ1n) is 6.96. The topological polar surface area (TPSA) is 71.5 Å². The fourth-order valence-corrected chi connectivity index (χ4v) is 1.68. The molecule has 1 amide bonds. The minimum Gasteiger partial charge on any atom is -0.389 e. The number of carbonyl (C=O) groups is 1. The van der Waals surface area contributed by atoms with Gasteiger partial charge in [0, 0.05) is 25.4 Å². The molecule has 2 rings (SSSR count). The van der Waals surface area contributed by atoms with Crippen LogP contribution in [0.5, 0.6) is 0 Å². The zero-order chi connectivity index (χ0) is 15.1. The van der Waals surface area contributed by atoms with Crippen molar-refractivity contribution < 1.29 is 19.0 Å². The Labute approximate surface area is 122 Å². The number of pyridine rings is 1. The molecule has 0 spiro atoms. The van der Waals surface area contributed by atoms with Gasteiger partial charge in [0.25, 0.3) is 0 Å². The molecule has 1 unspecified atom stereocenters. The van der Waals surface area contributed by atoms with E-state index in [9.17, 15) is 14.3 Å². The number of hydrogen-bond acceptors (Lipinski definition) is 4. The van der Waals surface area contributed by atoms with Crippen molar-refractivity contribution in [3.8, 4) is 0 Å². The van der Waals surface area contributed by atoms with Crippen LogP contribution < -0.4 is 5.32 Å². The molecular formula is C15H19FN2O3. The summed E-state index contributed by atoms with van der Waals surface area (Å²) in [5, 5.41) is 12.2. The number of amides is 1. The normalized spacial score (nSPS) is 16.1. The maximum Gasteiger partial charge on any atom is 0.244 e. The van der Waals surface area contributed by atoms with Gasteiger partial charge in [-0.2, -0.15) is 0 Å². The second kappa shape index (κ2) is 7.85. The van der Waals surface area contributed by atoms with Crippen LogP contribution in [-0.2, 0) is 9.53 Å². The molecule has 0 radical (unpaired) electrons. The summed E-state index contributed by atoms with van der Waals surface area (Å²) < 4.78 is 18.2. The third-order valence-corrected chi connectivity index (χ3v) is 3.03. The van der Waals surface area contributed by atoms with Crippen LogP contribution in [0, 0.1) is 11.7 Å². The summed E-state index contributed by atoms with van der Waals surface area (Å²) in [6.07, 6.45) is 6.95. The maximum atomic E-state index is 12.9. The lowest BCUT2D eigenvalue weighted by Gasteiger charge is -2.11. The van der Waals surface area contributed by atoms with Gasteiger partial charge >= 0.3 is 0 Å². The second-order valence-electron chi connectivity index (χ2n) is 5.15. The summed E-state index contributed by atoms with van der Waals surface area (Å²) in [7, 11) is 0. The molecule has 0 bridgehead atoms. The van der Waals surface area contributed by atoms with Crippen LogP contribution in [0.15, 0.2) is 24.5 Å². The highest BCUT2D eigenvalue weighted by atomic mass is 19.1. The Morgan fingerprint density at radius 3 is 3.10 bits per heavy atom. The van der Waals surface area contributed by atoms with E-state index in [1.165, 1.54) is 37.3 Å². The number of aliphatic hydroxyl groups is 1. The van der Waals surface area contributed by atoms with Crippen molar-refractivity contribution in [3.05, 3.63) is 35.9 Å². The summed E-state index contributed by atoms with van der Waals surface area (Å²) in [4.78, 5) is 15.2. The Balaban J connectivity index is 1.63. The number of halogens is 1. The highest BCUT2D eigenvalue weighted by Crippen LogP contribution is 2.28. The van der Waals surface area contributed by atoms with Gasteiger partial charge in [-0.25, -0.2) is 4.39 Å². The molecule has 114 valence electrons. The van der Waals surface area contributed by atoms with E-state index in [1.807, 2.05) is 0 Å². The van der Waals surface area contributed by atoms with E-state index in [4.69, 9.17) is 4.74 Å². The van der Waals surface area contributed by atoms with Gasteiger partial charge in [0.1, 0.15) is 5.82 Å². The number of carbonyl (C=O) groups excluding carboxylic acids is 1. The molecule has 1 aliphatic carbocycles. The molecule has 1 aliphatic rings.